The van der Waals surface area contributed by atoms with E-state index in [4.69, 9.17) is 0 Å². The van der Waals surface area contributed by atoms with Crippen LogP contribution in [0.3, 0.4) is 0 Å². The molecule has 0 aliphatic carbocycles. The van der Waals surface area contributed by atoms with Crippen LogP contribution in [0.1, 0.15) is 10.5 Å². The van der Waals surface area contributed by atoms with Crippen LogP contribution in [-0.2, 0) is 4.74 Å². The number of methoxy groups -OCH3 is 1. The summed E-state index contributed by atoms with van der Waals surface area (Å²) in [7, 11) is 1.35. The van der Waals surface area contributed by atoms with Gasteiger partial charge in [0.1, 0.15) is 0 Å². The molecule has 0 saturated carbocycles. The van der Waals surface area contributed by atoms with Crippen molar-refractivity contribution in [3.05, 3.63) is 27.1 Å². The smallest absolute Gasteiger partial charge is 0.358 e. The second kappa shape index (κ2) is 4.42. The van der Waals surface area contributed by atoms with Crippen molar-refractivity contribution in [2.24, 2.45) is 0 Å². The molecule has 0 amide bonds. The van der Waals surface area contributed by atoms with Crippen molar-refractivity contribution in [3.8, 4) is 9.75 Å². The molecular weight excluding hydrogens is 298 g/mol. The topological polar surface area (TPSA) is 39.2 Å². The Balaban J connectivity index is 2.52. The average Bonchev–Trinajstić information content (AvgIpc) is 2.84. The van der Waals surface area contributed by atoms with Crippen LogP contribution in [0.15, 0.2) is 21.4 Å². The normalized spacial score (nSPS) is 10.3. The van der Waals surface area contributed by atoms with E-state index in [0.717, 1.165) is 9.75 Å². The first-order valence-electron chi connectivity index (χ1n) is 4.01. The molecular formula is C9H6BrNO2S2. The van der Waals surface area contributed by atoms with Crippen LogP contribution in [0.25, 0.3) is 9.75 Å². The molecule has 0 aromatic carbocycles. The summed E-state index contributed by atoms with van der Waals surface area (Å²) in [4.78, 5) is 17.4. The van der Waals surface area contributed by atoms with Gasteiger partial charge in [0, 0.05) is 4.88 Å². The third-order valence-electron chi connectivity index (χ3n) is 1.72. The van der Waals surface area contributed by atoms with E-state index in [1.807, 2.05) is 17.5 Å². The molecule has 0 unspecified atom stereocenters. The number of thiazole rings is 1. The molecule has 0 saturated heterocycles. The molecule has 2 aromatic heterocycles. The second-order valence-electron chi connectivity index (χ2n) is 2.61. The van der Waals surface area contributed by atoms with Crippen molar-refractivity contribution in [2.75, 3.05) is 7.11 Å². The van der Waals surface area contributed by atoms with Gasteiger partial charge in [-0.15, -0.1) is 22.7 Å². The Bertz CT molecular complexity index is 478. The van der Waals surface area contributed by atoms with Crippen molar-refractivity contribution in [2.45, 2.75) is 0 Å². The van der Waals surface area contributed by atoms with Gasteiger partial charge >= 0.3 is 5.97 Å². The summed E-state index contributed by atoms with van der Waals surface area (Å²) in [5, 5.41) is 1.96. The highest BCUT2D eigenvalue weighted by atomic mass is 79.9. The number of nitrogens with zero attached hydrogens (tertiary/aromatic N) is 1. The minimum Gasteiger partial charge on any atom is -0.464 e. The Kier molecular flexibility index (Phi) is 3.18. The average molecular weight is 304 g/mol. The third-order valence-corrected chi connectivity index (χ3v) is 4.28. The molecule has 3 nitrogen and oxygen atoms in total. The number of rotatable bonds is 2. The summed E-state index contributed by atoms with van der Waals surface area (Å²) in [6, 6.07) is 3.89. The lowest BCUT2D eigenvalue weighted by molar-refractivity contribution is 0.0595. The second-order valence-corrected chi connectivity index (χ2v) is 5.84. The highest BCUT2D eigenvalue weighted by Crippen LogP contribution is 2.35. The zero-order valence-corrected chi connectivity index (χ0v) is 10.9. The lowest BCUT2D eigenvalue weighted by Gasteiger charge is -1.96. The molecule has 2 heterocycles. The minimum absolute atomic E-state index is 0.372. The monoisotopic (exact) mass is 303 g/mol. The molecule has 0 aliphatic rings. The lowest BCUT2D eigenvalue weighted by Crippen LogP contribution is -2.02. The van der Waals surface area contributed by atoms with Crippen molar-refractivity contribution < 1.29 is 9.53 Å². The Hall–Kier alpha value is -0.720. The Morgan fingerprint density at radius 3 is 3.00 bits per heavy atom. The van der Waals surface area contributed by atoms with Gasteiger partial charge in [-0.2, -0.15) is 0 Å². The number of thiophene rings is 1. The maximum atomic E-state index is 11.4. The summed E-state index contributed by atoms with van der Waals surface area (Å²) in [5.74, 6) is -0.402. The van der Waals surface area contributed by atoms with E-state index in [1.165, 1.54) is 18.4 Å². The molecule has 6 heteroatoms. The number of esters is 1. The maximum absolute atomic E-state index is 11.4. The van der Waals surface area contributed by atoms with Crippen molar-refractivity contribution in [1.29, 1.82) is 0 Å². The SMILES string of the molecule is COC(=O)c1nc(Br)sc1-c1cccs1. The van der Waals surface area contributed by atoms with Crippen LogP contribution in [0.2, 0.25) is 0 Å². The maximum Gasteiger partial charge on any atom is 0.358 e. The van der Waals surface area contributed by atoms with E-state index in [0.29, 0.717) is 9.61 Å². The fourth-order valence-electron chi connectivity index (χ4n) is 1.10. The fourth-order valence-corrected chi connectivity index (χ4v) is 3.40. The van der Waals surface area contributed by atoms with Gasteiger partial charge in [0.15, 0.2) is 9.61 Å². The van der Waals surface area contributed by atoms with Gasteiger partial charge in [0.25, 0.3) is 0 Å². The highest BCUT2D eigenvalue weighted by molar-refractivity contribution is 9.11. The van der Waals surface area contributed by atoms with Crippen LogP contribution >= 0.6 is 38.6 Å². The predicted molar refractivity (Wildman–Crippen MR) is 64.5 cm³/mol. The van der Waals surface area contributed by atoms with Crippen LogP contribution in [-0.4, -0.2) is 18.1 Å². The van der Waals surface area contributed by atoms with Gasteiger partial charge in [-0.25, -0.2) is 9.78 Å². The van der Waals surface area contributed by atoms with Crippen molar-refractivity contribution in [1.82, 2.24) is 4.98 Å². The molecule has 0 atom stereocenters. The zero-order chi connectivity index (χ0) is 10.8. The van der Waals surface area contributed by atoms with E-state index >= 15 is 0 Å². The summed E-state index contributed by atoms with van der Waals surface area (Å²) in [5.41, 5.74) is 0.372. The summed E-state index contributed by atoms with van der Waals surface area (Å²) >= 11 is 6.27. The standard InChI is InChI=1S/C9H6BrNO2S2/c1-13-8(12)6-7(15-9(10)11-6)5-3-2-4-14-5/h2-4H,1H3. The molecule has 0 spiro atoms. The third kappa shape index (κ3) is 2.11. The number of hydrogen-bond acceptors (Lipinski definition) is 5. The minimum atomic E-state index is -0.402. The van der Waals surface area contributed by atoms with Crippen LogP contribution in [0, 0.1) is 0 Å². The van der Waals surface area contributed by atoms with E-state index in [2.05, 4.69) is 25.7 Å². The number of carbonyl (C=O) groups excluding carboxylic acids is 1. The molecule has 15 heavy (non-hydrogen) atoms. The first kappa shape index (κ1) is 10.8. The van der Waals surface area contributed by atoms with E-state index < -0.39 is 5.97 Å². The molecule has 0 fully saturated rings. The molecule has 78 valence electrons. The van der Waals surface area contributed by atoms with Gasteiger partial charge in [0.2, 0.25) is 0 Å². The zero-order valence-electron chi connectivity index (χ0n) is 7.69. The quantitative estimate of drug-likeness (QED) is 0.798. The van der Waals surface area contributed by atoms with E-state index in [-0.39, 0.29) is 0 Å². The van der Waals surface area contributed by atoms with Crippen LogP contribution in [0.4, 0.5) is 0 Å². The first-order chi connectivity index (χ1) is 7.22. The summed E-state index contributed by atoms with van der Waals surface area (Å²) < 4.78 is 5.36. The molecule has 2 aromatic rings. The van der Waals surface area contributed by atoms with Gasteiger partial charge in [-0.1, -0.05) is 6.07 Å². The molecule has 0 N–H and O–H groups in total. The first-order valence-corrected chi connectivity index (χ1v) is 6.50. The predicted octanol–water partition coefficient (Wildman–Crippen LogP) is 3.42. The largest absolute Gasteiger partial charge is 0.464 e. The number of halogens is 1. The Morgan fingerprint density at radius 2 is 2.40 bits per heavy atom. The number of ether oxygens (including phenoxy) is 1. The van der Waals surface area contributed by atoms with Crippen molar-refractivity contribution in [3.63, 3.8) is 0 Å². The van der Waals surface area contributed by atoms with Crippen molar-refractivity contribution >= 4 is 44.6 Å². The number of hydrogen-bond donors (Lipinski definition) is 0. The molecule has 0 bridgehead atoms. The van der Waals surface area contributed by atoms with Crippen LogP contribution < -0.4 is 0 Å². The Labute approximate surface area is 103 Å². The van der Waals surface area contributed by atoms with E-state index in [1.54, 1.807) is 11.3 Å². The Morgan fingerprint density at radius 1 is 1.60 bits per heavy atom. The molecule has 2 rings (SSSR count). The van der Waals surface area contributed by atoms with Gasteiger partial charge in [-0.3, -0.25) is 0 Å². The van der Waals surface area contributed by atoms with Gasteiger partial charge < -0.3 is 4.74 Å². The molecule has 0 radical (unpaired) electrons. The molecule has 0 aliphatic heterocycles. The summed E-state index contributed by atoms with van der Waals surface area (Å²) in [6.07, 6.45) is 0. The lowest BCUT2D eigenvalue weighted by atomic mass is 10.3. The summed E-state index contributed by atoms with van der Waals surface area (Å²) in [6.45, 7) is 0. The van der Waals surface area contributed by atoms with E-state index in [9.17, 15) is 4.79 Å². The highest BCUT2D eigenvalue weighted by Gasteiger charge is 2.19. The number of aromatic nitrogens is 1. The van der Waals surface area contributed by atoms with Crippen LogP contribution in [0.5, 0.6) is 0 Å². The fraction of sp³-hybridized carbons (Fsp3) is 0.111. The van der Waals surface area contributed by atoms with Gasteiger partial charge in [0.05, 0.1) is 12.0 Å². The van der Waals surface area contributed by atoms with Gasteiger partial charge in [-0.05, 0) is 27.4 Å². The number of carbonyl (C=O) groups is 1.